The molecule has 1 aromatic carbocycles. The number of rotatable bonds is 1. The van der Waals surface area contributed by atoms with E-state index < -0.39 is 12.0 Å². The summed E-state index contributed by atoms with van der Waals surface area (Å²) in [4.78, 5) is 3.40. The maximum atomic E-state index is 13.1. The molecule has 0 unspecified atom stereocenters. The van der Waals surface area contributed by atoms with E-state index in [1.807, 2.05) is 31.2 Å². The monoisotopic (exact) mass is 301 g/mol. The van der Waals surface area contributed by atoms with Crippen molar-refractivity contribution in [2.24, 2.45) is 0 Å². The lowest BCUT2D eigenvalue weighted by molar-refractivity contribution is -0.145. The Morgan fingerprint density at radius 2 is 1.68 bits per heavy atom. The van der Waals surface area contributed by atoms with Crippen LogP contribution in [0.1, 0.15) is 17.1 Å². The molecular weight excluding hydrogens is 291 g/mol. The number of alkyl halides is 3. The normalized spacial score (nSPS) is 11.6. The second-order valence-electron chi connectivity index (χ2n) is 4.93. The third-order valence-corrected chi connectivity index (χ3v) is 3.38. The van der Waals surface area contributed by atoms with E-state index in [0.29, 0.717) is 5.56 Å². The molecule has 2 heterocycles. The number of fused-ring (bicyclic) bond motifs is 1. The minimum absolute atomic E-state index is 0.144. The molecule has 0 aliphatic rings. The molecule has 0 bridgehead atoms. The molecule has 3 aromatic rings. The number of halogens is 3. The quantitative estimate of drug-likeness (QED) is 0.676. The Balaban J connectivity index is 2.25. The standard InChI is InChI=1S/C16H10F3N3/c1-10-2-4-11(5-3-10)12-6-7-14-13(8-20)21-15(16(17,18)19)22(14)9-12/h2-7,9H,1H3. The number of aryl methyl sites for hydroxylation is 1. The summed E-state index contributed by atoms with van der Waals surface area (Å²) in [6, 6.07) is 12.3. The molecule has 0 atom stereocenters. The number of nitriles is 1. The van der Waals surface area contributed by atoms with Gasteiger partial charge in [0.05, 0.1) is 5.52 Å². The van der Waals surface area contributed by atoms with Gasteiger partial charge in [0.1, 0.15) is 6.07 Å². The van der Waals surface area contributed by atoms with Gasteiger partial charge in [-0.05, 0) is 24.1 Å². The average molecular weight is 301 g/mol. The van der Waals surface area contributed by atoms with E-state index in [-0.39, 0.29) is 11.2 Å². The summed E-state index contributed by atoms with van der Waals surface area (Å²) in [5, 5.41) is 8.94. The summed E-state index contributed by atoms with van der Waals surface area (Å²) in [6.45, 7) is 1.93. The van der Waals surface area contributed by atoms with Gasteiger partial charge in [-0.15, -0.1) is 0 Å². The summed E-state index contributed by atoms with van der Waals surface area (Å²) in [6.07, 6.45) is -3.26. The Morgan fingerprint density at radius 3 is 2.27 bits per heavy atom. The van der Waals surface area contributed by atoms with Crippen molar-refractivity contribution in [1.82, 2.24) is 9.38 Å². The largest absolute Gasteiger partial charge is 0.450 e. The number of hydrogen-bond acceptors (Lipinski definition) is 2. The molecule has 2 aromatic heterocycles. The Labute approximate surface area is 124 Å². The number of pyridine rings is 1. The van der Waals surface area contributed by atoms with E-state index >= 15 is 0 Å². The van der Waals surface area contributed by atoms with Crippen LogP contribution in [-0.4, -0.2) is 9.38 Å². The van der Waals surface area contributed by atoms with Crippen molar-refractivity contribution in [1.29, 1.82) is 5.26 Å². The van der Waals surface area contributed by atoms with Gasteiger partial charge in [-0.1, -0.05) is 35.9 Å². The van der Waals surface area contributed by atoms with Crippen molar-refractivity contribution in [3.63, 3.8) is 0 Å². The molecule has 110 valence electrons. The lowest BCUT2D eigenvalue weighted by Crippen LogP contribution is -2.10. The Hall–Kier alpha value is -2.81. The molecule has 22 heavy (non-hydrogen) atoms. The van der Waals surface area contributed by atoms with Crippen LogP contribution < -0.4 is 0 Å². The molecule has 0 aliphatic heterocycles. The lowest BCUT2D eigenvalue weighted by atomic mass is 10.1. The average Bonchev–Trinajstić information content (AvgIpc) is 2.86. The first-order chi connectivity index (χ1) is 10.4. The molecule has 0 amide bonds. The fourth-order valence-electron chi connectivity index (χ4n) is 2.28. The summed E-state index contributed by atoms with van der Waals surface area (Å²) < 4.78 is 40.1. The van der Waals surface area contributed by atoms with Crippen LogP contribution in [0.2, 0.25) is 0 Å². The predicted molar refractivity (Wildman–Crippen MR) is 75.1 cm³/mol. The van der Waals surface area contributed by atoms with Gasteiger partial charge in [0.2, 0.25) is 5.82 Å². The van der Waals surface area contributed by atoms with Gasteiger partial charge in [0.15, 0.2) is 5.69 Å². The summed E-state index contributed by atoms with van der Waals surface area (Å²) in [5.74, 6) is -1.09. The van der Waals surface area contributed by atoms with Crippen molar-refractivity contribution < 1.29 is 13.2 Å². The van der Waals surface area contributed by atoms with E-state index in [4.69, 9.17) is 5.26 Å². The van der Waals surface area contributed by atoms with Crippen molar-refractivity contribution in [3.8, 4) is 17.2 Å². The van der Waals surface area contributed by atoms with Crippen molar-refractivity contribution in [3.05, 3.63) is 59.7 Å². The number of nitrogens with zero attached hydrogens (tertiary/aromatic N) is 3. The zero-order valence-electron chi connectivity index (χ0n) is 11.5. The molecule has 0 fully saturated rings. The molecule has 0 saturated carbocycles. The van der Waals surface area contributed by atoms with Crippen molar-refractivity contribution in [2.45, 2.75) is 13.1 Å². The van der Waals surface area contributed by atoms with Crippen LogP contribution in [0.15, 0.2) is 42.6 Å². The zero-order valence-corrected chi connectivity index (χ0v) is 11.5. The maximum Gasteiger partial charge on any atom is 0.450 e. The van der Waals surface area contributed by atoms with Crippen LogP contribution >= 0.6 is 0 Å². The molecular formula is C16H10F3N3. The van der Waals surface area contributed by atoms with Gasteiger partial charge in [-0.25, -0.2) is 4.98 Å². The highest BCUT2D eigenvalue weighted by molar-refractivity contribution is 5.68. The SMILES string of the molecule is Cc1ccc(-c2ccc3c(C#N)nc(C(F)(F)F)n3c2)cc1. The first-order valence-corrected chi connectivity index (χ1v) is 6.46. The topological polar surface area (TPSA) is 41.1 Å². The molecule has 0 spiro atoms. The first-order valence-electron chi connectivity index (χ1n) is 6.46. The summed E-state index contributed by atoms with van der Waals surface area (Å²) in [7, 11) is 0. The van der Waals surface area contributed by atoms with Crippen LogP contribution in [0.3, 0.4) is 0 Å². The van der Waals surface area contributed by atoms with Crippen LogP contribution in [0.25, 0.3) is 16.6 Å². The van der Waals surface area contributed by atoms with Crippen LogP contribution in [0, 0.1) is 18.3 Å². The molecule has 0 aliphatic carbocycles. The fraction of sp³-hybridized carbons (Fsp3) is 0.125. The molecule has 0 radical (unpaired) electrons. The highest BCUT2D eigenvalue weighted by Crippen LogP contribution is 2.31. The second-order valence-corrected chi connectivity index (χ2v) is 4.93. The van der Waals surface area contributed by atoms with E-state index in [1.165, 1.54) is 12.3 Å². The molecule has 3 rings (SSSR count). The fourth-order valence-corrected chi connectivity index (χ4v) is 2.28. The van der Waals surface area contributed by atoms with Crippen LogP contribution in [0.4, 0.5) is 13.2 Å². The van der Waals surface area contributed by atoms with E-state index in [9.17, 15) is 13.2 Å². The Morgan fingerprint density at radius 1 is 1.05 bits per heavy atom. The predicted octanol–water partition coefficient (Wildman–Crippen LogP) is 4.20. The van der Waals surface area contributed by atoms with Crippen molar-refractivity contribution in [2.75, 3.05) is 0 Å². The Kier molecular flexibility index (Phi) is 3.14. The van der Waals surface area contributed by atoms with E-state index in [1.54, 1.807) is 12.1 Å². The summed E-state index contributed by atoms with van der Waals surface area (Å²) >= 11 is 0. The van der Waals surface area contributed by atoms with Gasteiger partial charge in [0.25, 0.3) is 0 Å². The first kappa shape index (κ1) is 14.1. The van der Waals surface area contributed by atoms with Gasteiger partial charge in [-0.2, -0.15) is 18.4 Å². The summed E-state index contributed by atoms with van der Waals surface area (Å²) in [5.41, 5.74) is 2.40. The lowest BCUT2D eigenvalue weighted by Gasteiger charge is -2.07. The zero-order chi connectivity index (χ0) is 15.9. The highest BCUT2D eigenvalue weighted by Gasteiger charge is 2.37. The van der Waals surface area contributed by atoms with Gasteiger partial charge >= 0.3 is 6.18 Å². The minimum Gasteiger partial charge on any atom is -0.294 e. The highest BCUT2D eigenvalue weighted by atomic mass is 19.4. The second kappa shape index (κ2) is 4.88. The van der Waals surface area contributed by atoms with Crippen LogP contribution in [-0.2, 0) is 6.18 Å². The molecule has 6 heteroatoms. The van der Waals surface area contributed by atoms with E-state index in [0.717, 1.165) is 15.5 Å². The number of imidazole rings is 1. The van der Waals surface area contributed by atoms with Crippen molar-refractivity contribution >= 4 is 5.52 Å². The van der Waals surface area contributed by atoms with E-state index in [2.05, 4.69) is 4.98 Å². The molecule has 3 nitrogen and oxygen atoms in total. The van der Waals surface area contributed by atoms with Gasteiger partial charge < -0.3 is 0 Å². The molecule has 0 N–H and O–H groups in total. The van der Waals surface area contributed by atoms with Gasteiger partial charge in [0, 0.05) is 6.20 Å². The maximum absolute atomic E-state index is 13.1. The smallest absolute Gasteiger partial charge is 0.294 e. The number of hydrogen-bond donors (Lipinski definition) is 0. The third kappa shape index (κ3) is 2.31. The van der Waals surface area contributed by atoms with Crippen LogP contribution in [0.5, 0.6) is 0 Å². The van der Waals surface area contributed by atoms with Gasteiger partial charge in [-0.3, -0.25) is 4.40 Å². The number of aromatic nitrogens is 2. The minimum atomic E-state index is -4.62. The molecule has 0 saturated heterocycles. The third-order valence-electron chi connectivity index (χ3n) is 3.38. The number of benzene rings is 1. The Bertz CT molecular complexity index is 884.